The van der Waals surface area contributed by atoms with Crippen LogP contribution in [0.1, 0.15) is 37.4 Å². The zero-order valence-electron chi connectivity index (χ0n) is 11.7. The van der Waals surface area contributed by atoms with Gasteiger partial charge in [0.05, 0.1) is 33.2 Å². The molecule has 2 aromatic rings. The first-order chi connectivity index (χ1) is 10.1. The lowest BCUT2D eigenvalue weighted by atomic mass is 10.3. The van der Waals surface area contributed by atoms with Gasteiger partial charge >= 0.3 is 0 Å². The van der Waals surface area contributed by atoms with Gasteiger partial charge in [0.25, 0.3) is 0 Å². The molecular formula is C15H18ClN3OS. The first kappa shape index (κ1) is 14.6. The van der Waals surface area contributed by atoms with Gasteiger partial charge in [0.15, 0.2) is 0 Å². The number of benzene rings is 1. The third kappa shape index (κ3) is 3.30. The Morgan fingerprint density at radius 1 is 1.33 bits per heavy atom. The van der Waals surface area contributed by atoms with Crippen molar-refractivity contribution in [3.05, 3.63) is 41.2 Å². The molecule has 3 rings (SSSR count). The average Bonchev–Trinajstić information content (AvgIpc) is 3.08. The highest BCUT2D eigenvalue weighted by Gasteiger charge is 2.18. The molecule has 0 bridgehead atoms. The van der Waals surface area contributed by atoms with E-state index < -0.39 is 10.8 Å². The molecule has 1 fully saturated rings. The second kappa shape index (κ2) is 6.20. The van der Waals surface area contributed by atoms with Gasteiger partial charge in [0.2, 0.25) is 0 Å². The Balaban J connectivity index is 1.72. The van der Waals surface area contributed by atoms with Crippen molar-refractivity contribution >= 4 is 28.1 Å². The topological polar surface area (TPSA) is 60.9 Å². The van der Waals surface area contributed by atoms with Crippen molar-refractivity contribution in [2.75, 3.05) is 5.73 Å². The Kier molecular flexibility index (Phi) is 4.31. The molecule has 1 aromatic carbocycles. The quantitative estimate of drug-likeness (QED) is 0.875. The summed E-state index contributed by atoms with van der Waals surface area (Å²) in [6.45, 7) is 0. The van der Waals surface area contributed by atoms with Crippen molar-refractivity contribution < 1.29 is 4.21 Å². The van der Waals surface area contributed by atoms with Crippen LogP contribution in [-0.2, 0) is 16.6 Å². The fraction of sp³-hybridized carbons (Fsp3) is 0.400. The van der Waals surface area contributed by atoms with E-state index in [9.17, 15) is 4.21 Å². The maximum Gasteiger partial charge on any atom is 0.0753 e. The number of hydrogen-bond acceptors (Lipinski definition) is 3. The van der Waals surface area contributed by atoms with Gasteiger partial charge in [-0.05, 0) is 37.1 Å². The number of nitrogens with zero attached hydrogens (tertiary/aromatic N) is 2. The Hall–Kier alpha value is -1.33. The van der Waals surface area contributed by atoms with Gasteiger partial charge in [-0.2, -0.15) is 5.10 Å². The first-order valence-corrected chi connectivity index (χ1v) is 8.80. The predicted octanol–water partition coefficient (Wildman–Crippen LogP) is 3.54. The summed E-state index contributed by atoms with van der Waals surface area (Å²) >= 11 is 5.86. The van der Waals surface area contributed by atoms with E-state index in [-0.39, 0.29) is 0 Å². The fourth-order valence-corrected chi connectivity index (χ4v) is 4.07. The van der Waals surface area contributed by atoms with E-state index in [2.05, 4.69) is 5.10 Å². The third-order valence-electron chi connectivity index (χ3n) is 3.86. The molecule has 0 spiro atoms. The smallest absolute Gasteiger partial charge is 0.0753 e. The summed E-state index contributed by atoms with van der Waals surface area (Å²) in [5.41, 5.74) is 7.19. The lowest BCUT2D eigenvalue weighted by Gasteiger charge is -2.09. The van der Waals surface area contributed by atoms with Crippen LogP contribution in [0.25, 0.3) is 0 Å². The van der Waals surface area contributed by atoms with Gasteiger partial charge in [-0.1, -0.05) is 24.4 Å². The summed E-state index contributed by atoms with van der Waals surface area (Å²) < 4.78 is 14.4. The summed E-state index contributed by atoms with van der Waals surface area (Å²) in [5.74, 6) is 0.381. The number of aromatic nitrogens is 2. The van der Waals surface area contributed by atoms with E-state index in [1.165, 1.54) is 25.7 Å². The van der Waals surface area contributed by atoms with Gasteiger partial charge in [0.1, 0.15) is 0 Å². The number of anilines is 1. The molecule has 2 N–H and O–H groups in total. The second-order valence-electron chi connectivity index (χ2n) is 5.40. The van der Waals surface area contributed by atoms with E-state index in [1.54, 1.807) is 18.2 Å². The molecule has 1 heterocycles. The number of nitrogens with two attached hydrogens (primary N) is 1. The number of nitrogen functional groups attached to an aromatic ring is 1. The van der Waals surface area contributed by atoms with Crippen molar-refractivity contribution in [3.63, 3.8) is 0 Å². The standard InChI is InChI=1S/C15H18ClN3OS/c16-11-5-6-15(14(17)9-11)21(20)10-12-7-8-19(18-12)13-3-1-2-4-13/h5-9,13H,1-4,10,17H2. The van der Waals surface area contributed by atoms with Gasteiger partial charge in [-0.15, -0.1) is 0 Å². The minimum Gasteiger partial charge on any atom is -0.398 e. The van der Waals surface area contributed by atoms with Crippen LogP contribution in [0.3, 0.4) is 0 Å². The largest absolute Gasteiger partial charge is 0.398 e. The summed E-state index contributed by atoms with van der Waals surface area (Å²) in [5, 5.41) is 5.12. The SMILES string of the molecule is Nc1cc(Cl)ccc1S(=O)Cc1ccn(C2CCCC2)n1. The Morgan fingerprint density at radius 2 is 2.10 bits per heavy atom. The summed E-state index contributed by atoms with van der Waals surface area (Å²) in [6, 6.07) is 7.52. The third-order valence-corrected chi connectivity index (χ3v) is 5.51. The van der Waals surface area contributed by atoms with Crippen LogP contribution < -0.4 is 5.73 Å². The van der Waals surface area contributed by atoms with E-state index >= 15 is 0 Å². The van der Waals surface area contributed by atoms with Gasteiger partial charge in [-0.3, -0.25) is 8.89 Å². The van der Waals surface area contributed by atoms with Crippen LogP contribution in [0.15, 0.2) is 35.4 Å². The van der Waals surface area contributed by atoms with Crippen molar-refractivity contribution in [3.8, 4) is 0 Å². The molecule has 1 aromatic heterocycles. The van der Waals surface area contributed by atoms with E-state index in [1.807, 2.05) is 16.9 Å². The Morgan fingerprint density at radius 3 is 2.81 bits per heavy atom. The molecule has 0 saturated heterocycles. The van der Waals surface area contributed by atoms with Crippen LogP contribution in [-0.4, -0.2) is 14.0 Å². The molecule has 1 aliphatic carbocycles. The minimum atomic E-state index is -1.20. The maximum absolute atomic E-state index is 12.4. The van der Waals surface area contributed by atoms with Crippen LogP contribution in [0.5, 0.6) is 0 Å². The molecule has 1 unspecified atom stereocenters. The number of hydrogen-bond donors (Lipinski definition) is 1. The van der Waals surface area contributed by atoms with Crippen molar-refractivity contribution in [1.82, 2.24) is 9.78 Å². The summed E-state index contributed by atoms with van der Waals surface area (Å²) in [6.07, 6.45) is 6.91. The molecule has 4 nitrogen and oxygen atoms in total. The van der Waals surface area contributed by atoms with E-state index in [4.69, 9.17) is 17.3 Å². The molecule has 0 aliphatic heterocycles. The highest BCUT2D eigenvalue weighted by atomic mass is 35.5. The van der Waals surface area contributed by atoms with Gasteiger partial charge < -0.3 is 5.73 Å². The molecular weight excluding hydrogens is 306 g/mol. The molecule has 112 valence electrons. The molecule has 1 aliphatic rings. The van der Waals surface area contributed by atoms with Crippen molar-refractivity contribution in [2.45, 2.75) is 42.4 Å². The van der Waals surface area contributed by atoms with Crippen LogP contribution in [0.2, 0.25) is 5.02 Å². The van der Waals surface area contributed by atoms with Crippen molar-refractivity contribution in [2.24, 2.45) is 0 Å². The summed E-state index contributed by atoms with van der Waals surface area (Å²) in [4.78, 5) is 0.620. The average molecular weight is 324 g/mol. The highest BCUT2D eigenvalue weighted by Crippen LogP contribution is 2.29. The first-order valence-electron chi connectivity index (χ1n) is 7.11. The maximum atomic E-state index is 12.4. The zero-order chi connectivity index (χ0) is 14.8. The normalized spacial score (nSPS) is 17.2. The monoisotopic (exact) mass is 323 g/mol. The molecule has 0 amide bonds. The lowest BCUT2D eigenvalue weighted by Crippen LogP contribution is -2.07. The van der Waals surface area contributed by atoms with Gasteiger partial charge in [0, 0.05) is 16.9 Å². The molecule has 21 heavy (non-hydrogen) atoms. The molecule has 1 atom stereocenters. The Labute approximate surface area is 131 Å². The van der Waals surface area contributed by atoms with Crippen molar-refractivity contribution in [1.29, 1.82) is 0 Å². The minimum absolute atomic E-state index is 0.381. The predicted molar refractivity (Wildman–Crippen MR) is 85.7 cm³/mol. The van der Waals surface area contributed by atoms with E-state index in [0.717, 1.165) is 5.69 Å². The zero-order valence-corrected chi connectivity index (χ0v) is 13.2. The molecule has 6 heteroatoms. The Bertz CT molecular complexity index is 665. The number of rotatable bonds is 4. The molecule has 0 radical (unpaired) electrons. The van der Waals surface area contributed by atoms with Gasteiger partial charge in [-0.25, -0.2) is 0 Å². The van der Waals surface area contributed by atoms with Crippen LogP contribution >= 0.6 is 11.6 Å². The van der Waals surface area contributed by atoms with E-state index in [0.29, 0.717) is 27.4 Å². The van der Waals surface area contributed by atoms with Crippen LogP contribution in [0, 0.1) is 0 Å². The second-order valence-corrected chi connectivity index (χ2v) is 7.25. The highest BCUT2D eigenvalue weighted by molar-refractivity contribution is 7.84. The van der Waals surface area contributed by atoms with Crippen LogP contribution in [0.4, 0.5) is 5.69 Å². The lowest BCUT2D eigenvalue weighted by molar-refractivity contribution is 0.464. The summed E-state index contributed by atoms with van der Waals surface area (Å²) in [7, 11) is -1.20. The number of halogens is 1. The molecule has 1 saturated carbocycles. The fourth-order valence-electron chi connectivity index (χ4n) is 2.77.